The Morgan fingerprint density at radius 1 is 1.28 bits per heavy atom. The molecule has 0 fully saturated rings. The molecule has 0 amide bonds. The van der Waals surface area contributed by atoms with Crippen LogP contribution in [0, 0.1) is 0 Å². The van der Waals surface area contributed by atoms with Crippen LogP contribution in [0.4, 0.5) is 5.69 Å². The average Bonchev–Trinajstić information content (AvgIpc) is 2.29. The molecule has 0 heterocycles. The van der Waals surface area contributed by atoms with Gasteiger partial charge in [-0.05, 0) is 24.3 Å². The fourth-order valence-electron chi connectivity index (χ4n) is 1.17. The highest BCUT2D eigenvalue weighted by Crippen LogP contribution is 2.15. The Balaban J connectivity index is 2.65. The van der Waals surface area contributed by atoms with Crippen LogP contribution in [0.3, 0.4) is 0 Å². The number of hydrogen-bond donors (Lipinski definition) is 3. The zero-order valence-corrected chi connectivity index (χ0v) is 11.3. The number of halogens is 1. The maximum absolute atomic E-state index is 5.77. The van der Waals surface area contributed by atoms with E-state index in [0.29, 0.717) is 29.1 Å². The van der Waals surface area contributed by atoms with Gasteiger partial charge in [0.2, 0.25) is 5.96 Å². The second-order valence-corrected chi connectivity index (χ2v) is 4.52. The van der Waals surface area contributed by atoms with Gasteiger partial charge in [0.15, 0.2) is 0 Å². The van der Waals surface area contributed by atoms with E-state index in [4.69, 9.17) is 23.1 Å². The quantitative estimate of drug-likeness (QED) is 0.572. The van der Waals surface area contributed by atoms with E-state index in [0.717, 1.165) is 0 Å². The third-order valence-corrected chi connectivity index (χ3v) is 2.27. The molecule has 0 saturated heterocycles. The van der Waals surface area contributed by atoms with E-state index in [1.807, 2.05) is 13.8 Å². The maximum Gasteiger partial charge on any atom is 0.222 e. The smallest absolute Gasteiger partial charge is 0.222 e. The van der Waals surface area contributed by atoms with Crippen LogP contribution in [0.15, 0.2) is 34.3 Å². The standard InChI is InChI=1S/C12H18ClN5/c1-8(2)16-7-11(14)18-12(15)17-10-5-3-9(13)4-6-10/h3-6,8,16H,7H2,1-2H3,(H4,14,15,17,18). The Bertz CT molecular complexity index is 436. The summed E-state index contributed by atoms with van der Waals surface area (Å²) in [5, 5.41) is 3.79. The SMILES string of the molecule is CC(C)NCC(N)=NC(N)=Nc1ccc(Cl)cc1. The second-order valence-electron chi connectivity index (χ2n) is 4.09. The minimum Gasteiger partial charge on any atom is -0.386 e. The van der Waals surface area contributed by atoms with Crippen molar-refractivity contribution in [3.8, 4) is 0 Å². The van der Waals surface area contributed by atoms with Crippen molar-refractivity contribution in [2.75, 3.05) is 6.54 Å². The first-order chi connectivity index (χ1) is 8.47. The highest BCUT2D eigenvalue weighted by Gasteiger charge is 1.97. The number of nitrogens with one attached hydrogen (secondary N) is 1. The monoisotopic (exact) mass is 267 g/mol. The molecule has 0 aromatic heterocycles. The third-order valence-electron chi connectivity index (χ3n) is 2.02. The Hall–Kier alpha value is -1.59. The van der Waals surface area contributed by atoms with Crippen molar-refractivity contribution >= 4 is 29.1 Å². The predicted octanol–water partition coefficient (Wildman–Crippen LogP) is 1.64. The van der Waals surface area contributed by atoms with Crippen LogP contribution in [0.5, 0.6) is 0 Å². The highest BCUT2D eigenvalue weighted by atomic mass is 35.5. The lowest BCUT2D eigenvalue weighted by molar-refractivity contribution is 0.641. The number of guanidine groups is 1. The van der Waals surface area contributed by atoms with Crippen molar-refractivity contribution in [1.82, 2.24) is 5.32 Å². The first kappa shape index (κ1) is 14.5. The van der Waals surface area contributed by atoms with Gasteiger partial charge in [0.25, 0.3) is 0 Å². The van der Waals surface area contributed by atoms with Gasteiger partial charge in [-0.15, -0.1) is 0 Å². The molecule has 0 saturated carbocycles. The van der Waals surface area contributed by atoms with Gasteiger partial charge in [-0.1, -0.05) is 25.4 Å². The van der Waals surface area contributed by atoms with Gasteiger partial charge in [-0.2, -0.15) is 4.99 Å². The number of benzene rings is 1. The summed E-state index contributed by atoms with van der Waals surface area (Å²) in [5.41, 5.74) is 12.1. The lowest BCUT2D eigenvalue weighted by Gasteiger charge is -2.06. The lowest BCUT2D eigenvalue weighted by atomic mass is 10.3. The zero-order valence-electron chi connectivity index (χ0n) is 10.5. The number of aliphatic imine (C=N–C) groups is 2. The molecule has 6 heteroatoms. The molecule has 1 rings (SSSR count). The van der Waals surface area contributed by atoms with Gasteiger partial charge in [0.1, 0.15) is 5.84 Å². The summed E-state index contributed by atoms with van der Waals surface area (Å²) in [7, 11) is 0. The first-order valence-electron chi connectivity index (χ1n) is 5.63. The van der Waals surface area contributed by atoms with Crippen LogP contribution >= 0.6 is 11.6 Å². The van der Waals surface area contributed by atoms with Gasteiger partial charge in [-0.3, -0.25) is 0 Å². The minimum absolute atomic E-state index is 0.125. The molecule has 5 N–H and O–H groups in total. The molecule has 18 heavy (non-hydrogen) atoms. The van der Waals surface area contributed by atoms with Gasteiger partial charge in [0, 0.05) is 11.1 Å². The van der Waals surface area contributed by atoms with Crippen LogP contribution in [0.1, 0.15) is 13.8 Å². The molecule has 0 atom stereocenters. The molecule has 0 bridgehead atoms. The molecule has 1 aromatic rings. The van der Waals surface area contributed by atoms with Gasteiger partial charge in [0.05, 0.1) is 12.2 Å². The number of rotatable bonds is 4. The Kier molecular flexibility index (Phi) is 5.61. The molecule has 0 spiro atoms. The highest BCUT2D eigenvalue weighted by molar-refractivity contribution is 6.30. The zero-order chi connectivity index (χ0) is 13.5. The molecule has 0 unspecified atom stereocenters. The minimum atomic E-state index is 0.125. The van der Waals surface area contributed by atoms with Crippen LogP contribution in [-0.4, -0.2) is 24.4 Å². The van der Waals surface area contributed by atoms with Crippen LogP contribution in [-0.2, 0) is 0 Å². The third kappa shape index (κ3) is 5.65. The van der Waals surface area contributed by atoms with E-state index >= 15 is 0 Å². The molecular formula is C12H18ClN5. The van der Waals surface area contributed by atoms with Crippen LogP contribution < -0.4 is 16.8 Å². The number of hydrogen-bond acceptors (Lipinski definition) is 2. The lowest BCUT2D eigenvalue weighted by Crippen LogP contribution is -2.34. The molecule has 0 aliphatic heterocycles. The molecular weight excluding hydrogens is 250 g/mol. The van der Waals surface area contributed by atoms with Gasteiger partial charge in [-0.25, -0.2) is 4.99 Å². The molecule has 0 aliphatic rings. The van der Waals surface area contributed by atoms with E-state index in [1.165, 1.54) is 0 Å². The Morgan fingerprint density at radius 2 is 1.89 bits per heavy atom. The maximum atomic E-state index is 5.77. The van der Waals surface area contributed by atoms with Crippen LogP contribution in [0.2, 0.25) is 5.02 Å². The van der Waals surface area contributed by atoms with Crippen molar-refractivity contribution < 1.29 is 0 Å². The van der Waals surface area contributed by atoms with E-state index in [1.54, 1.807) is 24.3 Å². The van der Waals surface area contributed by atoms with Gasteiger partial charge < -0.3 is 16.8 Å². The molecule has 98 valence electrons. The Labute approximate surface area is 112 Å². The van der Waals surface area contributed by atoms with E-state index in [-0.39, 0.29) is 5.96 Å². The summed E-state index contributed by atoms with van der Waals surface area (Å²) < 4.78 is 0. The van der Waals surface area contributed by atoms with Gasteiger partial charge >= 0.3 is 0 Å². The van der Waals surface area contributed by atoms with E-state index in [2.05, 4.69) is 15.3 Å². The largest absolute Gasteiger partial charge is 0.386 e. The second kappa shape index (κ2) is 6.98. The molecule has 0 aliphatic carbocycles. The number of nitrogens with two attached hydrogens (primary N) is 2. The van der Waals surface area contributed by atoms with E-state index in [9.17, 15) is 0 Å². The molecule has 5 nitrogen and oxygen atoms in total. The summed E-state index contributed by atoms with van der Waals surface area (Å²) in [6.07, 6.45) is 0. The van der Waals surface area contributed by atoms with E-state index < -0.39 is 0 Å². The first-order valence-corrected chi connectivity index (χ1v) is 6.01. The fraction of sp³-hybridized carbons (Fsp3) is 0.333. The summed E-state index contributed by atoms with van der Waals surface area (Å²) in [5.74, 6) is 0.527. The van der Waals surface area contributed by atoms with Crippen molar-refractivity contribution in [3.05, 3.63) is 29.3 Å². The van der Waals surface area contributed by atoms with Crippen LogP contribution in [0.25, 0.3) is 0 Å². The van der Waals surface area contributed by atoms with Crippen molar-refractivity contribution in [3.63, 3.8) is 0 Å². The summed E-state index contributed by atoms with van der Waals surface area (Å²) >= 11 is 5.77. The van der Waals surface area contributed by atoms with Crippen molar-refractivity contribution in [2.45, 2.75) is 19.9 Å². The number of nitrogens with zero attached hydrogens (tertiary/aromatic N) is 2. The fourth-order valence-corrected chi connectivity index (χ4v) is 1.29. The Morgan fingerprint density at radius 3 is 2.44 bits per heavy atom. The summed E-state index contributed by atoms with van der Waals surface area (Å²) in [6.45, 7) is 4.53. The predicted molar refractivity (Wildman–Crippen MR) is 77.5 cm³/mol. The number of amidine groups is 1. The molecule has 0 radical (unpaired) electrons. The normalized spacial score (nSPS) is 13.1. The summed E-state index contributed by atoms with van der Waals surface area (Å²) in [6, 6.07) is 7.33. The topological polar surface area (TPSA) is 88.8 Å². The average molecular weight is 268 g/mol. The van der Waals surface area contributed by atoms with Crippen molar-refractivity contribution in [1.29, 1.82) is 0 Å². The summed E-state index contributed by atoms with van der Waals surface area (Å²) in [4.78, 5) is 8.10. The van der Waals surface area contributed by atoms with Crippen molar-refractivity contribution in [2.24, 2.45) is 21.5 Å². The molecule has 1 aromatic carbocycles.